The molecule has 2 aromatic carbocycles. The Labute approximate surface area is 186 Å². The van der Waals surface area contributed by atoms with Crippen molar-refractivity contribution in [2.24, 2.45) is 0 Å². The fourth-order valence-electron chi connectivity index (χ4n) is 3.62. The maximum Gasteiger partial charge on any atom is 0.232 e. The predicted octanol–water partition coefficient (Wildman–Crippen LogP) is 4.70. The zero-order valence-corrected chi connectivity index (χ0v) is 18.2. The van der Waals surface area contributed by atoms with Crippen LogP contribution in [0.1, 0.15) is 22.4 Å². The molecule has 32 heavy (non-hydrogen) atoms. The minimum absolute atomic E-state index is 0.146. The lowest BCUT2D eigenvalue weighted by Crippen LogP contribution is -2.15. The first-order valence-electron chi connectivity index (χ1n) is 9.83. The van der Waals surface area contributed by atoms with Crippen molar-refractivity contribution in [1.29, 1.82) is 0 Å². The lowest BCUT2D eigenvalue weighted by Gasteiger charge is -2.11. The molecular formula is C23H21F2N3O3S. The first kappa shape index (κ1) is 22.1. The normalized spacial score (nSPS) is 12.3. The number of aryl methyl sites for hydroxylation is 2. The molecule has 0 spiro atoms. The van der Waals surface area contributed by atoms with E-state index in [4.69, 9.17) is 9.29 Å². The number of pyridine rings is 1. The maximum absolute atomic E-state index is 14.0. The molecule has 0 saturated heterocycles. The van der Waals surface area contributed by atoms with Crippen LogP contribution < -0.4 is 9.46 Å². The molecule has 0 saturated carbocycles. The topological polar surface area (TPSA) is 75.9 Å². The highest BCUT2D eigenvalue weighted by atomic mass is 32.2. The number of aromatic nitrogens is 2. The van der Waals surface area contributed by atoms with Crippen LogP contribution in [-0.4, -0.2) is 18.4 Å². The smallest absolute Gasteiger partial charge is 0.232 e. The molecule has 6 nitrogen and oxygen atoms in total. The highest BCUT2D eigenvalue weighted by Gasteiger charge is 2.17. The van der Waals surface area contributed by atoms with Gasteiger partial charge in [-0.25, -0.2) is 22.2 Å². The van der Waals surface area contributed by atoms with Gasteiger partial charge in [0.1, 0.15) is 18.2 Å². The third kappa shape index (κ3) is 4.55. The zero-order valence-electron chi connectivity index (χ0n) is 17.4. The number of halogens is 2. The number of nitrogens with one attached hydrogen (secondary N) is 1. The molecular weight excluding hydrogens is 436 g/mol. The molecule has 0 bridgehead atoms. The van der Waals surface area contributed by atoms with Gasteiger partial charge in [0.25, 0.3) is 0 Å². The summed E-state index contributed by atoms with van der Waals surface area (Å²) >= 11 is -2.10. The highest BCUT2D eigenvalue weighted by Crippen LogP contribution is 2.32. The molecule has 0 aliphatic heterocycles. The quantitative estimate of drug-likeness (QED) is 0.395. The van der Waals surface area contributed by atoms with Crippen molar-refractivity contribution in [3.8, 4) is 17.0 Å². The SMILES string of the molecule is Cc1cc(OCc2c(F)cccc2F)n2nc(C)c(-c3cccc(CNS(=O)O)c3)c2c1. The number of hydrogen-bond donors (Lipinski definition) is 2. The number of rotatable bonds is 7. The number of fused-ring (bicyclic) bond motifs is 1. The second-order valence-corrected chi connectivity index (χ2v) is 8.17. The van der Waals surface area contributed by atoms with E-state index in [1.165, 1.54) is 18.2 Å². The molecule has 2 heterocycles. The largest absolute Gasteiger partial charge is 0.473 e. The van der Waals surface area contributed by atoms with E-state index in [1.54, 1.807) is 10.6 Å². The Morgan fingerprint density at radius 2 is 1.81 bits per heavy atom. The van der Waals surface area contributed by atoms with E-state index in [9.17, 15) is 13.0 Å². The van der Waals surface area contributed by atoms with Crippen molar-refractivity contribution >= 4 is 16.8 Å². The van der Waals surface area contributed by atoms with Gasteiger partial charge in [0.2, 0.25) is 17.1 Å². The van der Waals surface area contributed by atoms with Crippen molar-refractivity contribution < 1.29 is 22.3 Å². The van der Waals surface area contributed by atoms with Crippen LogP contribution in [0.4, 0.5) is 8.78 Å². The Bertz CT molecular complexity index is 1300. The first-order valence-corrected chi connectivity index (χ1v) is 10.9. The number of hydrogen-bond acceptors (Lipinski definition) is 3. The number of ether oxygens (including phenoxy) is 1. The summed E-state index contributed by atoms with van der Waals surface area (Å²) in [5.41, 5.74) is 4.88. The van der Waals surface area contributed by atoms with E-state index < -0.39 is 22.9 Å². The van der Waals surface area contributed by atoms with Crippen LogP contribution in [0.3, 0.4) is 0 Å². The summed E-state index contributed by atoms with van der Waals surface area (Å²) in [7, 11) is 0. The molecule has 0 amide bonds. The van der Waals surface area contributed by atoms with Gasteiger partial charge in [0.15, 0.2) is 0 Å². The van der Waals surface area contributed by atoms with E-state index >= 15 is 0 Å². The molecule has 2 N–H and O–H groups in total. The molecule has 4 aromatic rings. The summed E-state index contributed by atoms with van der Waals surface area (Å²) in [6.45, 7) is 3.73. The molecule has 1 unspecified atom stereocenters. The van der Waals surface area contributed by atoms with Crippen molar-refractivity contribution in [2.75, 3.05) is 0 Å². The van der Waals surface area contributed by atoms with E-state index in [0.717, 1.165) is 33.5 Å². The molecule has 0 aliphatic carbocycles. The van der Waals surface area contributed by atoms with Crippen molar-refractivity contribution in [2.45, 2.75) is 27.0 Å². The van der Waals surface area contributed by atoms with Gasteiger partial charge in [-0.2, -0.15) is 5.10 Å². The van der Waals surface area contributed by atoms with Crippen LogP contribution in [0.2, 0.25) is 0 Å². The Hall–Kier alpha value is -3.14. The average molecular weight is 458 g/mol. The highest BCUT2D eigenvalue weighted by molar-refractivity contribution is 7.77. The minimum Gasteiger partial charge on any atom is -0.473 e. The van der Waals surface area contributed by atoms with Gasteiger partial charge < -0.3 is 4.74 Å². The first-order chi connectivity index (χ1) is 15.3. The number of benzene rings is 2. The van der Waals surface area contributed by atoms with Crippen LogP contribution in [-0.2, 0) is 24.4 Å². The van der Waals surface area contributed by atoms with Gasteiger partial charge in [0, 0.05) is 18.2 Å². The molecule has 0 fully saturated rings. The summed E-state index contributed by atoms with van der Waals surface area (Å²) in [6, 6.07) is 15.0. The van der Waals surface area contributed by atoms with E-state index in [2.05, 4.69) is 9.82 Å². The Morgan fingerprint density at radius 1 is 1.09 bits per heavy atom. The standard InChI is InChI=1S/C23H21F2N3O3S/c1-14-9-21-23(17-6-3-5-16(11-17)12-26-32(29)30)15(2)27-28(21)22(10-14)31-13-18-19(24)7-4-8-20(18)25/h3-11,26H,12-13H2,1-2H3,(H,29,30). The lowest BCUT2D eigenvalue weighted by molar-refractivity contribution is 0.274. The summed E-state index contributed by atoms with van der Waals surface area (Å²) in [6.07, 6.45) is 0. The molecule has 166 valence electrons. The average Bonchev–Trinajstić information content (AvgIpc) is 3.07. The van der Waals surface area contributed by atoms with E-state index in [0.29, 0.717) is 5.88 Å². The molecule has 4 rings (SSSR count). The Kier molecular flexibility index (Phi) is 6.31. The Balaban J connectivity index is 1.73. The molecule has 9 heteroatoms. The maximum atomic E-state index is 14.0. The molecule has 0 aliphatic rings. The van der Waals surface area contributed by atoms with Crippen LogP contribution in [0.5, 0.6) is 5.88 Å². The third-order valence-electron chi connectivity index (χ3n) is 5.06. The van der Waals surface area contributed by atoms with Crippen molar-refractivity contribution in [1.82, 2.24) is 14.3 Å². The van der Waals surface area contributed by atoms with Crippen LogP contribution in [0.25, 0.3) is 16.6 Å². The summed E-state index contributed by atoms with van der Waals surface area (Å²) in [4.78, 5) is 0. The van der Waals surface area contributed by atoms with Gasteiger partial charge in [0.05, 0.1) is 16.8 Å². The summed E-state index contributed by atoms with van der Waals surface area (Å²) in [5, 5.41) is 4.59. The second kappa shape index (κ2) is 9.15. The van der Waals surface area contributed by atoms with Crippen LogP contribution >= 0.6 is 0 Å². The predicted molar refractivity (Wildman–Crippen MR) is 118 cm³/mol. The number of nitrogens with zero attached hydrogens (tertiary/aromatic N) is 2. The van der Waals surface area contributed by atoms with Gasteiger partial charge in [-0.15, -0.1) is 0 Å². The second-order valence-electron chi connectivity index (χ2n) is 7.39. The van der Waals surface area contributed by atoms with E-state index in [-0.39, 0.29) is 18.7 Å². The van der Waals surface area contributed by atoms with Crippen LogP contribution in [0.15, 0.2) is 54.6 Å². The fourth-order valence-corrected chi connectivity index (χ4v) is 3.91. The molecule has 0 radical (unpaired) electrons. The summed E-state index contributed by atoms with van der Waals surface area (Å²) in [5.74, 6) is -0.966. The van der Waals surface area contributed by atoms with E-state index in [1.807, 2.05) is 44.2 Å². The Morgan fingerprint density at radius 3 is 2.53 bits per heavy atom. The van der Waals surface area contributed by atoms with Gasteiger partial charge >= 0.3 is 0 Å². The monoisotopic (exact) mass is 457 g/mol. The lowest BCUT2D eigenvalue weighted by atomic mass is 10.0. The van der Waals surface area contributed by atoms with Gasteiger partial charge in [-0.3, -0.25) is 4.55 Å². The third-order valence-corrected chi connectivity index (χ3v) is 5.45. The van der Waals surface area contributed by atoms with Gasteiger partial charge in [-0.1, -0.05) is 24.3 Å². The minimum atomic E-state index is -2.10. The fraction of sp³-hybridized carbons (Fsp3) is 0.174. The zero-order chi connectivity index (χ0) is 22.8. The molecule has 2 aromatic heterocycles. The molecule has 1 atom stereocenters. The summed E-state index contributed by atoms with van der Waals surface area (Å²) < 4.78 is 57.8. The van der Waals surface area contributed by atoms with Gasteiger partial charge in [-0.05, 0) is 54.8 Å². The van der Waals surface area contributed by atoms with Crippen molar-refractivity contribution in [3.05, 3.63) is 88.6 Å². The van der Waals surface area contributed by atoms with Crippen LogP contribution in [0, 0.1) is 25.5 Å². The van der Waals surface area contributed by atoms with Crippen molar-refractivity contribution in [3.63, 3.8) is 0 Å².